The van der Waals surface area contributed by atoms with Gasteiger partial charge in [0.25, 0.3) is 0 Å². The van der Waals surface area contributed by atoms with Crippen molar-refractivity contribution >= 4 is 29.1 Å². The number of alkyl halides is 3. The number of anilines is 2. The van der Waals surface area contributed by atoms with Crippen molar-refractivity contribution in [3.05, 3.63) is 11.8 Å². The van der Waals surface area contributed by atoms with Gasteiger partial charge in [0.1, 0.15) is 5.82 Å². The number of nitrogens with zero attached hydrogens (tertiary/aromatic N) is 3. The molecule has 1 fully saturated rings. The van der Waals surface area contributed by atoms with E-state index in [9.17, 15) is 13.2 Å². The van der Waals surface area contributed by atoms with Crippen LogP contribution in [0, 0.1) is 11.8 Å². The van der Waals surface area contributed by atoms with Gasteiger partial charge in [-0.3, -0.25) is 0 Å². The van der Waals surface area contributed by atoms with Crippen LogP contribution in [0.15, 0.2) is 6.07 Å². The third-order valence-electron chi connectivity index (χ3n) is 4.23. The zero-order valence-electron chi connectivity index (χ0n) is 15.8. The Bertz CT molecular complexity index is 633. The predicted octanol–water partition coefficient (Wildman–Crippen LogP) is 3.30. The average Bonchev–Trinajstić information content (AvgIpc) is 2.57. The predicted molar refractivity (Wildman–Crippen MR) is 103 cm³/mol. The molecule has 1 saturated heterocycles. The molecule has 1 aliphatic heterocycles. The summed E-state index contributed by atoms with van der Waals surface area (Å²) < 4.78 is 44.8. The quantitative estimate of drug-likeness (QED) is 0.556. The van der Waals surface area contributed by atoms with Crippen molar-refractivity contribution in [2.75, 3.05) is 43.6 Å². The number of piperidine rings is 1. The molecule has 1 aliphatic rings. The molecule has 0 spiro atoms. The fourth-order valence-electron chi connectivity index (χ4n) is 3.21. The fourth-order valence-corrected chi connectivity index (χ4v) is 3.41. The largest absolute Gasteiger partial charge is 0.433 e. The summed E-state index contributed by atoms with van der Waals surface area (Å²) in [4.78, 5) is 9.76. The summed E-state index contributed by atoms with van der Waals surface area (Å²) in [5.74, 6) is 0.881. The monoisotopic (exact) mass is 405 g/mol. The van der Waals surface area contributed by atoms with E-state index in [2.05, 4.69) is 34.4 Å². The first-order chi connectivity index (χ1) is 12.7. The Balaban J connectivity index is 2.17. The van der Waals surface area contributed by atoms with Crippen LogP contribution in [0.25, 0.3) is 0 Å². The summed E-state index contributed by atoms with van der Waals surface area (Å²) in [7, 11) is 1.59. The van der Waals surface area contributed by atoms with E-state index in [4.69, 9.17) is 17.0 Å². The molecule has 0 unspecified atom stereocenters. The summed E-state index contributed by atoms with van der Waals surface area (Å²) in [5.41, 5.74) is -0.983. The van der Waals surface area contributed by atoms with Crippen LogP contribution in [0.3, 0.4) is 0 Å². The van der Waals surface area contributed by atoms with Gasteiger partial charge in [0.15, 0.2) is 10.8 Å². The van der Waals surface area contributed by atoms with Gasteiger partial charge in [-0.05, 0) is 36.9 Å². The number of methoxy groups -OCH3 is 1. The molecular formula is C17H26F3N5OS. The van der Waals surface area contributed by atoms with Crippen LogP contribution in [0.4, 0.5) is 24.9 Å². The Morgan fingerprint density at radius 2 is 1.96 bits per heavy atom. The van der Waals surface area contributed by atoms with E-state index in [1.54, 1.807) is 7.11 Å². The van der Waals surface area contributed by atoms with Crippen molar-refractivity contribution in [2.45, 2.75) is 32.9 Å². The number of thiocarbonyl (C=S) groups is 1. The summed E-state index contributed by atoms with van der Waals surface area (Å²) in [6.07, 6.45) is -2.79. The number of ether oxygens (including phenoxy) is 1. The van der Waals surface area contributed by atoms with E-state index in [-0.39, 0.29) is 16.9 Å². The smallest absolute Gasteiger partial charge is 0.385 e. The van der Waals surface area contributed by atoms with E-state index in [1.807, 2.05) is 4.90 Å². The number of aromatic nitrogens is 2. The minimum absolute atomic E-state index is 0.157. The molecule has 1 aromatic rings. The van der Waals surface area contributed by atoms with Crippen LogP contribution < -0.4 is 15.5 Å². The minimum Gasteiger partial charge on any atom is -0.385 e. The molecule has 10 heteroatoms. The lowest BCUT2D eigenvalue weighted by atomic mass is 9.92. The standard InChI is InChI=1S/C17H26F3N5OS/c1-11-7-12(2)10-25(9-11)14-8-13(17(18,19)20)22-15(23-14)24-16(27)21-5-4-6-26-3/h8,11-12H,4-7,9-10H2,1-3H3,(H2,21,22,23,24,27)/t11-,12-/m1/s1. The third kappa shape index (κ3) is 6.76. The maximum atomic E-state index is 13.3. The van der Waals surface area contributed by atoms with Gasteiger partial charge in [0.05, 0.1) is 0 Å². The molecule has 152 valence electrons. The van der Waals surface area contributed by atoms with Crippen LogP contribution >= 0.6 is 12.2 Å². The normalized spacial score (nSPS) is 20.4. The lowest BCUT2D eigenvalue weighted by Crippen LogP contribution is -2.39. The summed E-state index contributed by atoms with van der Waals surface area (Å²) in [6, 6.07) is 1.00. The van der Waals surface area contributed by atoms with Crippen molar-refractivity contribution in [3.8, 4) is 0 Å². The number of halogens is 3. The summed E-state index contributed by atoms with van der Waals surface area (Å²) in [6.45, 7) is 6.60. The minimum atomic E-state index is -4.56. The first-order valence-corrected chi connectivity index (χ1v) is 9.35. The fraction of sp³-hybridized carbons (Fsp3) is 0.706. The average molecular weight is 405 g/mol. The molecule has 0 radical (unpaired) electrons. The number of rotatable bonds is 6. The van der Waals surface area contributed by atoms with Crippen LogP contribution in [0.5, 0.6) is 0 Å². The van der Waals surface area contributed by atoms with Gasteiger partial charge in [-0.15, -0.1) is 0 Å². The highest BCUT2D eigenvalue weighted by molar-refractivity contribution is 7.80. The Kier molecular flexibility index (Phi) is 7.60. The summed E-state index contributed by atoms with van der Waals surface area (Å²) >= 11 is 5.12. The Hall–Kier alpha value is -1.68. The van der Waals surface area contributed by atoms with Crippen molar-refractivity contribution in [1.82, 2.24) is 15.3 Å². The van der Waals surface area contributed by atoms with Crippen LogP contribution in [0.2, 0.25) is 0 Å². The zero-order chi connectivity index (χ0) is 20.0. The van der Waals surface area contributed by atoms with Gasteiger partial charge in [-0.2, -0.15) is 18.2 Å². The van der Waals surface area contributed by atoms with Gasteiger partial charge < -0.3 is 20.3 Å². The molecule has 0 bridgehead atoms. The van der Waals surface area contributed by atoms with Crippen molar-refractivity contribution < 1.29 is 17.9 Å². The Labute approximate surface area is 162 Å². The Morgan fingerprint density at radius 3 is 2.56 bits per heavy atom. The number of nitrogens with one attached hydrogen (secondary N) is 2. The second kappa shape index (κ2) is 9.50. The van der Waals surface area contributed by atoms with Crippen molar-refractivity contribution in [3.63, 3.8) is 0 Å². The summed E-state index contributed by atoms with van der Waals surface area (Å²) in [5, 5.41) is 5.74. The molecule has 0 aliphatic carbocycles. The molecular weight excluding hydrogens is 379 g/mol. The van der Waals surface area contributed by atoms with E-state index < -0.39 is 11.9 Å². The van der Waals surface area contributed by atoms with Crippen LogP contribution in [-0.4, -0.2) is 48.4 Å². The highest BCUT2D eigenvalue weighted by atomic mass is 32.1. The first-order valence-electron chi connectivity index (χ1n) is 8.94. The zero-order valence-corrected chi connectivity index (χ0v) is 16.6. The molecule has 2 rings (SSSR count). The second-order valence-corrected chi connectivity index (χ2v) is 7.42. The SMILES string of the molecule is COCCCNC(=S)Nc1nc(N2C[C@H](C)C[C@@H](C)C2)cc(C(F)(F)F)n1. The van der Waals surface area contributed by atoms with Gasteiger partial charge in [0, 0.05) is 39.4 Å². The molecule has 1 aromatic heterocycles. The molecule has 2 heterocycles. The van der Waals surface area contributed by atoms with E-state index >= 15 is 0 Å². The highest BCUT2D eigenvalue weighted by Gasteiger charge is 2.35. The molecule has 2 atom stereocenters. The van der Waals surface area contributed by atoms with Crippen LogP contribution in [0.1, 0.15) is 32.4 Å². The molecule has 6 nitrogen and oxygen atoms in total. The molecule has 0 aromatic carbocycles. The van der Waals surface area contributed by atoms with Crippen molar-refractivity contribution in [1.29, 1.82) is 0 Å². The van der Waals surface area contributed by atoms with Gasteiger partial charge in [-0.25, -0.2) is 4.98 Å². The van der Waals surface area contributed by atoms with Crippen LogP contribution in [-0.2, 0) is 10.9 Å². The number of hydrogen-bond donors (Lipinski definition) is 2. The molecule has 0 saturated carbocycles. The van der Waals surface area contributed by atoms with Gasteiger partial charge in [0.2, 0.25) is 5.95 Å². The van der Waals surface area contributed by atoms with Gasteiger partial charge >= 0.3 is 6.18 Å². The molecule has 2 N–H and O–H groups in total. The maximum absolute atomic E-state index is 13.3. The highest BCUT2D eigenvalue weighted by Crippen LogP contribution is 2.32. The lowest BCUT2D eigenvalue weighted by Gasteiger charge is -2.36. The molecule has 0 amide bonds. The van der Waals surface area contributed by atoms with E-state index in [0.717, 1.165) is 18.9 Å². The van der Waals surface area contributed by atoms with E-state index in [1.165, 1.54) is 0 Å². The number of hydrogen-bond acceptors (Lipinski definition) is 5. The second-order valence-electron chi connectivity index (χ2n) is 7.01. The maximum Gasteiger partial charge on any atom is 0.433 e. The molecule has 27 heavy (non-hydrogen) atoms. The van der Waals surface area contributed by atoms with E-state index in [0.29, 0.717) is 38.1 Å². The Morgan fingerprint density at radius 1 is 1.30 bits per heavy atom. The van der Waals surface area contributed by atoms with Crippen molar-refractivity contribution in [2.24, 2.45) is 11.8 Å². The van der Waals surface area contributed by atoms with Gasteiger partial charge in [-0.1, -0.05) is 13.8 Å². The lowest BCUT2D eigenvalue weighted by molar-refractivity contribution is -0.141. The third-order valence-corrected chi connectivity index (χ3v) is 4.48. The topological polar surface area (TPSA) is 62.3 Å². The first kappa shape index (κ1) is 21.6.